The summed E-state index contributed by atoms with van der Waals surface area (Å²) in [6.07, 6.45) is 1.31. The maximum atomic E-state index is 14.4. The maximum Gasteiger partial charge on any atom is 0.261 e. The number of fused-ring (bicyclic) bond motifs is 1. The molecule has 0 bridgehead atoms. The van der Waals surface area contributed by atoms with E-state index in [2.05, 4.69) is 4.72 Å². The standard InChI is InChI=1S/C35H47N3O8S2/c1-25-14-17-31(18-15-25)48(43,44)37(5)23-34-26(2)22-38(27(3)24-39)35(40)32-21-29(36-47(41,42)30-12-7-6-8-13-30)16-19-33(32)46-28(4)11-9-10-20-45-34/h6-8,12-19,21,26-28,34,36,39H,9-11,20,22-24H2,1-5H3/t26-,27-,28-,34+/m0/s1. The van der Waals surface area contributed by atoms with E-state index >= 15 is 0 Å². The summed E-state index contributed by atoms with van der Waals surface area (Å²) in [4.78, 5) is 16.1. The monoisotopic (exact) mass is 701 g/mol. The number of anilines is 1. The highest BCUT2D eigenvalue weighted by Gasteiger charge is 2.32. The van der Waals surface area contributed by atoms with Gasteiger partial charge < -0.3 is 19.5 Å². The number of amides is 1. The van der Waals surface area contributed by atoms with Gasteiger partial charge in [-0.1, -0.05) is 42.8 Å². The molecule has 1 aliphatic rings. The van der Waals surface area contributed by atoms with Gasteiger partial charge in [0.1, 0.15) is 5.75 Å². The number of carbonyl (C=O) groups excluding carboxylic acids is 1. The van der Waals surface area contributed by atoms with Gasteiger partial charge in [-0.3, -0.25) is 9.52 Å². The zero-order chi connectivity index (χ0) is 35.1. The van der Waals surface area contributed by atoms with Crippen molar-refractivity contribution in [2.45, 2.75) is 75.0 Å². The second-order valence-corrected chi connectivity index (χ2v) is 16.3. The molecule has 13 heteroatoms. The number of aliphatic hydroxyl groups is 1. The van der Waals surface area contributed by atoms with Crippen LogP contribution in [-0.4, -0.2) is 88.7 Å². The molecule has 4 rings (SSSR count). The molecule has 0 saturated heterocycles. The Hall–Kier alpha value is -3.49. The Kier molecular flexibility index (Phi) is 12.7. The average Bonchev–Trinajstić information content (AvgIpc) is 3.06. The van der Waals surface area contributed by atoms with Gasteiger partial charge in [-0.25, -0.2) is 16.8 Å². The molecule has 0 spiro atoms. The molecule has 1 aliphatic heterocycles. The van der Waals surface area contributed by atoms with Crippen molar-refractivity contribution in [1.29, 1.82) is 0 Å². The molecule has 0 aliphatic carbocycles. The van der Waals surface area contributed by atoms with Crippen LogP contribution >= 0.6 is 0 Å². The summed E-state index contributed by atoms with van der Waals surface area (Å²) in [6.45, 7) is 7.62. The van der Waals surface area contributed by atoms with Crippen LogP contribution in [0.25, 0.3) is 0 Å². The van der Waals surface area contributed by atoms with E-state index in [9.17, 15) is 26.7 Å². The number of likely N-dealkylation sites (N-methyl/N-ethyl adjacent to an activating group) is 1. The van der Waals surface area contributed by atoms with Gasteiger partial charge in [0.05, 0.1) is 40.2 Å². The average molecular weight is 702 g/mol. The van der Waals surface area contributed by atoms with Gasteiger partial charge in [-0.05, 0) is 82.5 Å². The van der Waals surface area contributed by atoms with Crippen LogP contribution in [0.4, 0.5) is 5.69 Å². The minimum atomic E-state index is -3.94. The number of sulfonamides is 2. The fourth-order valence-electron chi connectivity index (χ4n) is 5.50. The van der Waals surface area contributed by atoms with Gasteiger partial charge in [-0.15, -0.1) is 0 Å². The smallest absolute Gasteiger partial charge is 0.261 e. The third kappa shape index (κ3) is 9.35. The molecule has 262 valence electrons. The Balaban J connectivity index is 1.67. The maximum absolute atomic E-state index is 14.4. The molecule has 0 aromatic heterocycles. The van der Waals surface area contributed by atoms with E-state index in [0.29, 0.717) is 25.2 Å². The predicted molar refractivity (Wildman–Crippen MR) is 185 cm³/mol. The first-order valence-electron chi connectivity index (χ1n) is 16.2. The number of aryl methyl sites for hydroxylation is 1. The van der Waals surface area contributed by atoms with E-state index in [0.717, 1.165) is 12.0 Å². The van der Waals surface area contributed by atoms with E-state index in [1.54, 1.807) is 61.5 Å². The highest BCUT2D eigenvalue weighted by Crippen LogP contribution is 2.30. The number of carbonyl (C=O) groups is 1. The first-order chi connectivity index (χ1) is 22.7. The molecule has 0 fully saturated rings. The van der Waals surface area contributed by atoms with Gasteiger partial charge in [-0.2, -0.15) is 4.31 Å². The van der Waals surface area contributed by atoms with Crippen molar-refractivity contribution in [3.8, 4) is 5.75 Å². The normalized spacial score (nSPS) is 20.8. The molecule has 11 nitrogen and oxygen atoms in total. The number of rotatable bonds is 9. The van der Waals surface area contributed by atoms with E-state index in [-0.39, 0.29) is 52.8 Å². The van der Waals surface area contributed by atoms with Crippen molar-refractivity contribution >= 4 is 31.6 Å². The largest absolute Gasteiger partial charge is 0.490 e. The fourth-order valence-corrected chi connectivity index (χ4v) is 7.76. The number of hydrogen-bond acceptors (Lipinski definition) is 8. The topological polar surface area (TPSA) is 143 Å². The van der Waals surface area contributed by atoms with Crippen LogP contribution in [0.5, 0.6) is 5.75 Å². The van der Waals surface area contributed by atoms with Crippen molar-refractivity contribution in [1.82, 2.24) is 9.21 Å². The van der Waals surface area contributed by atoms with Gasteiger partial charge in [0, 0.05) is 38.3 Å². The lowest BCUT2D eigenvalue weighted by Gasteiger charge is -2.35. The van der Waals surface area contributed by atoms with Crippen LogP contribution in [0.2, 0.25) is 0 Å². The summed E-state index contributed by atoms with van der Waals surface area (Å²) < 4.78 is 69.5. The molecule has 4 atom stereocenters. The summed E-state index contributed by atoms with van der Waals surface area (Å²) in [5, 5.41) is 10.2. The molecular weight excluding hydrogens is 655 g/mol. The van der Waals surface area contributed by atoms with Crippen LogP contribution in [0.15, 0.2) is 82.6 Å². The SMILES string of the molecule is Cc1ccc(S(=O)(=O)N(C)C[C@H]2OCCCC[C@H](C)Oc3ccc(NS(=O)(=O)c4ccccc4)cc3C(=O)N([C@@H](C)CO)C[C@@H]2C)cc1. The summed E-state index contributed by atoms with van der Waals surface area (Å²) in [5.74, 6) is -0.529. The molecule has 3 aromatic rings. The number of nitrogens with one attached hydrogen (secondary N) is 1. The predicted octanol–water partition coefficient (Wildman–Crippen LogP) is 4.91. The number of nitrogens with zero attached hydrogens (tertiary/aromatic N) is 2. The van der Waals surface area contributed by atoms with Crippen molar-refractivity contribution in [2.24, 2.45) is 5.92 Å². The second kappa shape index (κ2) is 16.3. The summed E-state index contributed by atoms with van der Waals surface area (Å²) in [6, 6.07) is 18.6. The van der Waals surface area contributed by atoms with E-state index in [1.165, 1.54) is 34.5 Å². The summed E-state index contributed by atoms with van der Waals surface area (Å²) >= 11 is 0. The van der Waals surface area contributed by atoms with Crippen molar-refractivity contribution in [2.75, 3.05) is 38.1 Å². The number of ether oxygens (including phenoxy) is 2. The first kappa shape index (κ1) is 37.3. The Morgan fingerprint density at radius 3 is 2.33 bits per heavy atom. The highest BCUT2D eigenvalue weighted by atomic mass is 32.2. The molecule has 0 unspecified atom stereocenters. The van der Waals surface area contributed by atoms with Crippen molar-refractivity contribution < 1.29 is 36.2 Å². The molecule has 3 aromatic carbocycles. The van der Waals surface area contributed by atoms with Crippen LogP contribution in [0, 0.1) is 12.8 Å². The number of aliphatic hydroxyl groups excluding tert-OH is 1. The minimum absolute atomic E-state index is 0.0500. The van der Waals surface area contributed by atoms with Crippen LogP contribution < -0.4 is 9.46 Å². The Bertz CT molecular complexity index is 1740. The summed E-state index contributed by atoms with van der Waals surface area (Å²) in [7, 11) is -6.23. The lowest BCUT2D eigenvalue weighted by Crippen LogP contribution is -2.48. The van der Waals surface area contributed by atoms with Crippen LogP contribution in [0.1, 0.15) is 56.0 Å². The molecule has 0 radical (unpaired) electrons. The molecule has 0 saturated carbocycles. The van der Waals surface area contributed by atoms with Crippen molar-refractivity contribution in [3.63, 3.8) is 0 Å². The highest BCUT2D eigenvalue weighted by molar-refractivity contribution is 7.92. The van der Waals surface area contributed by atoms with E-state index in [4.69, 9.17) is 9.47 Å². The molecule has 2 N–H and O–H groups in total. The molecule has 48 heavy (non-hydrogen) atoms. The summed E-state index contributed by atoms with van der Waals surface area (Å²) in [5.41, 5.74) is 1.26. The van der Waals surface area contributed by atoms with Crippen LogP contribution in [-0.2, 0) is 24.8 Å². The number of hydrogen-bond donors (Lipinski definition) is 2. The van der Waals surface area contributed by atoms with Gasteiger partial charge in [0.25, 0.3) is 15.9 Å². The van der Waals surface area contributed by atoms with Gasteiger partial charge >= 0.3 is 0 Å². The quantitative estimate of drug-likeness (QED) is 0.321. The Labute approximate surface area is 285 Å². The zero-order valence-electron chi connectivity index (χ0n) is 28.2. The molecular formula is C35H47N3O8S2. The Morgan fingerprint density at radius 1 is 0.979 bits per heavy atom. The third-order valence-electron chi connectivity index (χ3n) is 8.52. The Morgan fingerprint density at radius 2 is 1.67 bits per heavy atom. The lowest BCUT2D eigenvalue weighted by molar-refractivity contribution is -0.00833. The second-order valence-electron chi connectivity index (χ2n) is 12.5. The van der Waals surface area contributed by atoms with Gasteiger partial charge in [0.2, 0.25) is 10.0 Å². The zero-order valence-corrected chi connectivity index (χ0v) is 29.8. The fraction of sp³-hybridized carbons (Fsp3) is 0.457. The van der Waals surface area contributed by atoms with Crippen molar-refractivity contribution in [3.05, 3.63) is 83.9 Å². The van der Waals surface area contributed by atoms with E-state index < -0.39 is 38.1 Å². The molecule has 1 heterocycles. The first-order valence-corrected chi connectivity index (χ1v) is 19.1. The minimum Gasteiger partial charge on any atom is -0.490 e. The lowest BCUT2D eigenvalue weighted by atomic mass is 10.0. The molecule has 1 amide bonds. The number of benzene rings is 3. The van der Waals surface area contributed by atoms with Gasteiger partial charge in [0.15, 0.2) is 0 Å². The van der Waals surface area contributed by atoms with Crippen LogP contribution in [0.3, 0.4) is 0 Å². The third-order valence-corrected chi connectivity index (χ3v) is 11.8. The van der Waals surface area contributed by atoms with E-state index in [1.807, 2.05) is 20.8 Å².